The number of aromatic nitrogens is 1. The minimum absolute atomic E-state index is 0.0138. The molecule has 2 rings (SSSR count). The van der Waals surface area contributed by atoms with E-state index in [0.717, 1.165) is 11.4 Å². The lowest BCUT2D eigenvalue weighted by molar-refractivity contribution is -0.309. The average molecular weight is 291 g/mol. The van der Waals surface area contributed by atoms with Crippen LogP contribution in [0, 0.1) is 12.8 Å². The molecule has 0 bridgehead atoms. The van der Waals surface area contributed by atoms with Gasteiger partial charge in [0.15, 0.2) is 5.69 Å². The van der Waals surface area contributed by atoms with Gasteiger partial charge in [0.1, 0.15) is 12.6 Å². The zero-order chi connectivity index (χ0) is 15.8. The molecule has 2 unspecified atom stereocenters. The molecule has 0 radical (unpaired) electrons. The number of quaternary nitrogens is 1. The molecule has 1 aliphatic rings. The Hall–Kier alpha value is -1.95. The third-order valence-electron chi connectivity index (χ3n) is 3.96. The van der Waals surface area contributed by atoms with E-state index in [0.29, 0.717) is 6.54 Å². The SMILES string of the molecule is Cc1ccc([N+]2(CC(C)C)CC(C(=O)[O-])N(C)C2=O)cn1. The number of urea groups is 1. The zero-order valence-corrected chi connectivity index (χ0v) is 12.9. The highest BCUT2D eigenvalue weighted by Crippen LogP contribution is 2.32. The maximum absolute atomic E-state index is 12.7. The van der Waals surface area contributed by atoms with Crippen molar-refractivity contribution in [3.63, 3.8) is 0 Å². The maximum atomic E-state index is 12.7. The van der Waals surface area contributed by atoms with Gasteiger partial charge in [0.2, 0.25) is 0 Å². The van der Waals surface area contributed by atoms with Crippen molar-refractivity contribution < 1.29 is 14.7 Å². The molecule has 1 aromatic heterocycles. The van der Waals surface area contributed by atoms with Crippen LogP contribution in [-0.4, -0.2) is 48.1 Å². The summed E-state index contributed by atoms with van der Waals surface area (Å²) < 4.78 is -0.0138. The van der Waals surface area contributed by atoms with Crippen LogP contribution in [0.25, 0.3) is 0 Å². The normalized spacial score (nSPS) is 25.7. The Morgan fingerprint density at radius 2 is 2.19 bits per heavy atom. The average Bonchev–Trinajstić information content (AvgIpc) is 2.65. The maximum Gasteiger partial charge on any atom is 0.424 e. The molecule has 1 aromatic rings. The van der Waals surface area contributed by atoms with E-state index in [1.807, 2.05) is 32.9 Å². The lowest BCUT2D eigenvalue weighted by atomic mass is 10.1. The Bertz CT molecular complexity index is 556. The lowest BCUT2D eigenvalue weighted by Gasteiger charge is -2.31. The molecule has 1 fully saturated rings. The second-order valence-corrected chi connectivity index (χ2v) is 6.11. The largest absolute Gasteiger partial charge is 0.548 e. The first-order valence-corrected chi connectivity index (χ1v) is 7.06. The van der Waals surface area contributed by atoms with Gasteiger partial charge in [0.25, 0.3) is 0 Å². The summed E-state index contributed by atoms with van der Waals surface area (Å²) in [6, 6.07) is 2.57. The van der Waals surface area contributed by atoms with Crippen LogP contribution < -0.4 is 9.59 Å². The van der Waals surface area contributed by atoms with Crippen molar-refractivity contribution in [2.45, 2.75) is 26.8 Å². The molecule has 0 saturated carbocycles. The molecule has 0 spiro atoms. The highest BCUT2D eigenvalue weighted by molar-refractivity contribution is 5.94. The van der Waals surface area contributed by atoms with Gasteiger partial charge in [-0.05, 0) is 13.0 Å². The first-order valence-electron chi connectivity index (χ1n) is 7.06. The summed E-state index contributed by atoms with van der Waals surface area (Å²) in [5.41, 5.74) is 1.59. The van der Waals surface area contributed by atoms with E-state index in [4.69, 9.17) is 0 Å². The van der Waals surface area contributed by atoms with Crippen molar-refractivity contribution >= 4 is 17.7 Å². The number of carbonyl (C=O) groups excluding carboxylic acids is 2. The van der Waals surface area contributed by atoms with Crippen LogP contribution in [0.5, 0.6) is 0 Å². The van der Waals surface area contributed by atoms with Crippen LogP contribution in [0.2, 0.25) is 0 Å². The number of aliphatic carboxylic acids is 1. The van der Waals surface area contributed by atoms with Gasteiger partial charge in [-0.1, -0.05) is 13.8 Å². The van der Waals surface area contributed by atoms with Crippen molar-refractivity contribution in [1.29, 1.82) is 0 Å². The monoisotopic (exact) mass is 291 g/mol. The predicted molar refractivity (Wildman–Crippen MR) is 77.3 cm³/mol. The van der Waals surface area contributed by atoms with Crippen LogP contribution >= 0.6 is 0 Å². The fourth-order valence-electron chi connectivity index (χ4n) is 2.97. The van der Waals surface area contributed by atoms with E-state index in [1.165, 1.54) is 11.9 Å². The number of hydrogen-bond donors (Lipinski definition) is 0. The Morgan fingerprint density at radius 3 is 2.62 bits per heavy atom. The summed E-state index contributed by atoms with van der Waals surface area (Å²) in [5, 5.41) is 11.3. The molecule has 1 aliphatic heterocycles. The van der Waals surface area contributed by atoms with E-state index in [2.05, 4.69) is 4.98 Å². The standard InChI is InChI=1S/C15H21N3O3/c1-10(2)8-18(12-6-5-11(3)16-7-12)9-13(14(19)20)17(4)15(18)21/h5-7,10,13H,8-9H2,1-4H3. The van der Waals surface area contributed by atoms with Crippen LogP contribution in [0.3, 0.4) is 0 Å². The number of carbonyl (C=O) groups is 2. The summed E-state index contributed by atoms with van der Waals surface area (Å²) in [5.74, 6) is -0.973. The first kappa shape index (κ1) is 15.4. The van der Waals surface area contributed by atoms with Gasteiger partial charge in [-0.2, -0.15) is 0 Å². The molecule has 2 atom stereocenters. The topological polar surface area (TPSA) is 73.3 Å². The summed E-state index contributed by atoms with van der Waals surface area (Å²) in [7, 11) is 1.52. The number of nitrogens with zero attached hydrogens (tertiary/aromatic N) is 3. The smallest absolute Gasteiger partial charge is 0.424 e. The Kier molecular flexibility index (Phi) is 4.00. The van der Waals surface area contributed by atoms with E-state index in [-0.39, 0.29) is 23.0 Å². The molecule has 0 aliphatic carbocycles. The fourth-order valence-corrected chi connectivity index (χ4v) is 2.97. The van der Waals surface area contributed by atoms with Gasteiger partial charge < -0.3 is 9.90 Å². The Morgan fingerprint density at radius 1 is 1.52 bits per heavy atom. The van der Waals surface area contributed by atoms with Crippen molar-refractivity contribution in [2.24, 2.45) is 5.92 Å². The number of pyridine rings is 1. The van der Waals surface area contributed by atoms with Crippen LogP contribution in [0.4, 0.5) is 10.5 Å². The minimum atomic E-state index is -1.21. The third-order valence-corrected chi connectivity index (χ3v) is 3.96. The highest BCUT2D eigenvalue weighted by atomic mass is 16.4. The van der Waals surface area contributed by atoms with Gasteiger partial charge in [0.05, 0.1) is 18.7 Å². The van der Waals surface area contributed by atoms with Gasteiger partial charge >= 0.3 is 6.03 Å². The van der Waals surface area contributed by atoms with Crippen LogP contribution in [0.1, 0.15) is 19.5 Å². The van der Waals surface area contributed by atoms with Gasteiger partial charge in [-0.3, -0.25) is 9.88 Å². The molecule has 114 valence electrons. The minimum Gasteiger partial charge on any atom is -0.548 e. The first-order chi connectivity index (χ1) is 9.78. The predicted octanol–water partition coefficient (Wildman–Crippen LogP) is 0.537. The summed E-state index contributed by atoms with van der Waals surface area (Å²) in [6.07, 6.45) is 1.67. The number of likely N-dealkylation sites (N-methyl/N-ethyl adjacent to an activating group) is 1. The highest BCUT2D eigenvalue weighted by Gasteiger charge is 2.53. The molecule has 6 heteroatoms. The van der Waals surface area contributed by atoms with Crippen molar-refractivity contribution in [3.05, 3.63) is 24.0 Å². The van der Waals surface area contributed by atoms with Gasteiger partial charge in [-0.15, -0.1) is 0 Å². The molecule has 2 amide bonds. The summed E-state index contributed by atoms with van der Waals surface area (Å²) in [4.78, 5) is 29.6. The molecule has 1 saturated heterocycles. The number of carboxylic acid groups (broad SMARTS) is 1. The van der Waals surface area contributed by atoms with Crippen LogP contribution in [0.15, 0.2) is 18.3 Å². The molecule has 2 heterocycles. The van der Waals surface area contributed by atoms with Crippen LogP contribution in [-0.2, 0) is 4.79 Å². The quantitative estimate of drug-likeness (QED) is 0.759. The number of carboxylic acids is 1. The zero-order valence-electron chi connectivity index (χ0n) is 12.9. The molecular formula is C15H21N3O3. The number of rotatable bonds is 4. The van der Waals surface area contributed by atoms with Gasteiger partial charge in [-0.25, -0.2) is 9.28 Å². The molecule has 21 heavy (non-hydrogen) atoms. The fraction of sp³-hybridized carbons (Fsp3) is 0.533. The number of hydrogen-bond acceptors (Lipinski definition) is 4. The molecule has 6 nitrogen and oxygen atoms in total. The third kappa shape index (κ3) is 2.63. The van der Waals surface area contributed by atoms with Crippen molar-refractivity contribution in [1.82, 2.24) is 14.4 Å². The molecule has 0 aromatic carbocycles. The number of aryl methyl sites for hydroxylation is 1. The van der Waals surface area contributed by atoms with E-state index in [9.17, 15) is 14.7 Å². The summed E-state index contributed by atoms with van der Waals surface area (Å²) in [6.45, 7) is 6.62. The second-order valence-electron chi connectivity index (χ2n) is 6.11. The summed E-state index contributed by atoms with van der Waals surface area (Å²) >= 11 is 0. The van der Waals surface area contributed by atoms with Crippen molar-refractivity contribution in [2.75, 3.05) is 20.1 Å². The lowest BCUT2D eigenvalue weighted by Crippen LogP contribution is -2.54. The van der Waals surface area contributed by atoms with E-state index in [1.54, 1.807) is 6.20 Å². The van der Waals surface area contributed by atoms with E-state index >= 15 is 0 Å². The molecular weight excluding hydrogens is 270 g/mol. The number of amides is 2. The Balaban J connectivity index is 2.50. The van der Waals surface area contributed by atoms with Crippen molar-refractivity contribution in [3.8, 4) is 0 Å². The van der Waals surface area contributed by atoms with Gasteiger partial charge in [0, 0.05) is 24.7 Å². The van der Waals surface area contributed by atoms with E-state index < -0.39 is 12.0 Å². The second kappa shape index (κ2) is 5.44. The Labute approximate surface area is 124 Å². The molecule has 0 N–H and O–H groups in total.